The number of aromatic nitrogens is 3. The van der Waals surface area contributed by atoms with Crippen LogP contribution in [0.5, 0.6) is 0 Å². The van der Waals surface area contributed by atoms with Crippen molar-refractivity contribution in [2.45, 2.75) is 25.9 Å². The SMILES string of the molecule is CCOC(=O)c1cnnn1CC[C@@H]1CN(C(=O)O)CCN1.Cl. The highest BCUT2D eigenvalue weighted by molar-refractivity contribution is 5.87. The van der Waals surface area contributed by atoms with E-state index in [1.165, 1.54) is 15.8 Å². The van der Waals surface area contributed by atoms with E-state index in [0.29, 0.717) is 44.9 Å². The summed E-state index contributed by atoms with van der Waals surface area (Å²) < 4.78 is 6.41. The standard InChI is InChI=1S/C12H19N5O4.ClH/c1-2-21-11(18)10-7-14-15-17(10)5-3-9-8-16(12(19)20)6-4-13-9;/h7,9,13H,2-6,8H2,1H3,(H,19,20);1H/t9-;/m1./s1. The summed E-state index contributed by atoms with van der Waals surface area (Å²) >= 11 is 0. The second-order valence-electron chi connectivity index (χ2n) is 4.73. The summed E-state index contributed by atoms with van der Waals surface area (Å²) in [6.45, 7) is 4.04. The van der Waals surface area contributed by atoms with Crippen LogP contribution in [0.15, 0.2) is 6.20 Å². The van der Waals surface area contributed by atoms with E-state index < -0.39 is 12.1 Å². The van der Waals surface area contributed by atoms with Crippen LogP contribution >= 0.6 is 12.4 Å². The highest BCUT2D eigenvalue weighted by atomic mass is 35.5. The van der Waals surface area contributed by atoms with Crippen molar-refractivity contribution < 1.29 is 19.4 Å². The van der Waals surface area contributed by atoms with Crippen molar-refractivity contribution in [2.24, 2.45) is 0 Å². The topological polar surface area (TPSA) is 110 Å². The maximum absolute atomic E-state index is 11.7. The molecule has 1 aliphatic heterocycles. The molecule has 1 fully saturated rings. The summed E-state index contributed by atoms with van der Waals surface area (Å²) in [5, 5.41) is 19.8. The highest BCUT2D eigenvalue weighted by Gasteiger charge is 2.23. The summed E-state index contributed by atoms with van der Waals surface area (Å²) in [6.07, 6.45) is 1.12. The maximum atomic E-state index is 11.7. The minimum atomic E-state index is -0.908. The lowest BCUT2D eigenvalue weighted by atomic mass is 10.1. The lowest BCUT2D eigenvalue weighted by Crippen LogP contribution is -2.52. The van der Waals surface area contributed by atoms with E-state index in [2.05, 4.69) is 15.6 Å². The van der Waals surface area contributed by atoms with Gasteiger partial charge in [0.25, 0.3) is 0 Å². The van der Waals surface area contributed by atoms with E-state index >= 15 is 0 Å². The molecule has 0 unspecified atom stereocenters. The van der Waals surface area contributed by atoms with Crippen LogP contribution in [0.4, 0.5) is 4.79 Å². The first-order valence-electron chi connectivity index (χ1n) is 6.88. The van der Waals surface area contributed by atoms with E-state index in [1.807, 2.05) is 0 Å². The lowest BCUT2D eigenvalue weighted by Gasteiger charge is -2.31. The minimum absolute atomic E-state index is 0. The third kappa shape index (κ3) is 4.57. The Hall–Kier alpha value is -1.87. The van der Waals surface area contributed by atoms with Gasteiger partial charge in [-0.25, -0.2) is 14.3 Å². The van der Waals surface area contributed by atoms with Gasteiger partial charge in [0.15, 0.2) is 5.69 Å². The average molecular weight is 334 g/mol. The summed E-state index contributed by atoms with van der Waals surface area (Å²) in [4.78, 5) is 24.0. The highest BCUT2D eigenvalue weighted by Crippen LogP contribution is 2.07. The van der Waals surface area contributed by atoms with E-state index in [0.717, 1.165) is 0 Å². The Labute approximate surface area is 134 Å². The van der Waals surface area contributed by atoms with Crippen molar-refractivity contribution in [2.75, 3.05) is 26.2 Å². The predicted octanol–water partition coefficient (Wildman–Crippen LogP) is 0.218. The van der Waals surface area contributed by atoms with E-state index in [1.54, 1.807) is 6.92 Å². The number of carboxylic acid groups (broad SMARTS) is 1. The Morgan fingerprint density at radius 2 is 2.32 bits per heavy atom. The van der Waals surface area contributed by atoms with Crippen LogP contribution in [-0.2, 0) is 11.3 Å². The van der Waals surface area contributed by atoms with Gasteiger partial charge in [0.05, 0.1) is 12.8 Å². The Morgan fingerprint density at radius 1 is 1.55 bits per heavy atom. The van der Waals surface area contributed by atoms with Gasteiger partial charge in [-0.2, -0.15) is 0 Å². The molecule has 0 saturated carbocycles. The molecule has 1 amide bonds. The number of nitrogens with zero attached hydrogens (tertiary/aromatic N) is 4. The van der Waals surface area contributed by atoms with Crippen LogP contribution in [-0.4, -0.2) is 69.3 Å². The van der Waals surface area contributed by atoms with Crippen molar-refractivity contribution >= 4 is 24.5 Å². The number of esters is 1. The Bertz CT molecular complexity index is 509. The number of carbonyl (C=O) groups is 2. The molecule has 0 aromatic carbocycles. The monoisotopic (exact) mass is 333 g/mol. The number of hydrogen-bond donors (Lipinski definition) is 2. The predicted molar refractivity (Wildman–Crippen MR) is 79.2 cm³/mol. The van der Waals surface area contributed by atoms with Gasteiger partial charge in [-0.3, -0.25) is 0 Å². The van der Waals surface area contributed by atoms with Crippen molar-refractivity contribution in [3.05, 3.63) is 11.9 Å². The van der Waals surface area contributed by atoms with Crippen LogP contribution in [0, 0.1) is 0 Å². The molecule has 2 N–H and O–H groups in total. The molecular formula is C12H20ClN5O4. The largest absolute Gasteiger partial charge is 0.465 e. The molecule has 1 aromatic heterocycles. The molecule has 124 valence electrons. The number of rotatable bonds is 5. The van der Waals surface area contributed by atoms with Crippen molar-refractivity contribution in [1.29, 1.82) is 0 Å². The Morgan fingerprint density at radius 3 is 3.00 bits per heavy atom. The molecule has 0 aliphatic carbocycles. The van der Waals surface area contributed by atoms with Crippen LogP contribution in [0.3, 0.4) is 0 Å². The molecule has 22 heavy (non-hydrogen) atoms. The van der Waals surface area contributed by atoms with Gasteiger partial charge in [-0.05, 0) is 13.3 Å². The molecule has 1 saturated heterocycles. The van der Waals surface area contributed by atoms with Gasteiger partial charge in [-0.15, -0.1) is 17.5 Å². The Kier molecular flexibility index (Phi) is 7.06. The molecular weight excluding hydrogens is 314 g/mol. The van der Waals surface area contributed by atoms with Crippen LogP contribution < -0.4 is 5.32 Å². The molecule has 1 aromatic rings. The van der Waals surface area contributed by atoms with Gasteiger partial charge < -0.3 is 20.1 Å². The summed E-state index contributed by atoms with van der Waals surface area (Å²) in [6, 6.07) is 0.0362. The zero-order valence-electron chi connectivity index (χ0n) is 12.3. The smallest absolute Gasteiger partial charge is 0.407 e. The first-order chi connectivity index (χ1) is 10.1. The fraction of sp³-hybridized carbons (Fsp3) is 0.667. The van der Waals surface area contributed by atoms with Gasteiger partial charge >= 0.3 is 12.1 Å². The molecule has 1 aliphatic rings. The molecule has 0 bridgehead atoms. The number of halogens is 1. The fourth-order valence-electron chi connectivity index (χ4n) is 2.26. The fourth-order valence-corrected chi connectivity index (χ4v) is 2.26. The number of nitrogens with one attached hydrogen (secondary N) is 1. The van der Waals surface area contributed by atoms with Crippen LogP contribution in [0.25, 0.3) is 0 Å². The molecule has 0 spiro atoms. The van der Waals surface area contributed by atoms with E-state index in [4.69, 9.17) is 9.84 Å². The number of amides is 1. The molecule has 0 radical (unpaired) electrons. The molecule has 2 heterocycles. The van der Waals surface area contributed by atoms with Gasteiger partial charge in [0, 0.05) is 32.2 Å². The second-order valence-corrected chi connectivity index (χ2v) is 4.73. The van der Waals surface area contributed by atoms with Gasteiger partial charge in [0.2, 0.25) is 0 Å². The van der Waals surface area contributed by atoms with Gasteiger partial charge in [-0.1, -0.05) is 5.21 Å². The zero-order valence-corrected chi connectivity index (χ0v) is 13.1. The number of hydrogen-bond acceptors (Lipinski definition) is 6. The maximum Gasteiger partial charge on any atom is 0.407 e. The normalized spacial score (nSPS) is 17.7. The summed E-state index contributed by atoms with van der Waals surface area (Å²) in [7, 11) is 0. The second kappa shape index (κ2) is 8.54. The number of carbonyl (C=O) groups excluding carboxylic acids is 1. The number of ether oxygens (including phenoxy) is 1. The number of aryl methyl sites for hydroxylation is 1. The third-order valence-electron chi connectivity index (χ3n) is 3.32. The molecule has 9 nitrogen and oxygen atoms in total. The number of piperazine rings is 1. The first kappa shape index (κ1) is 18.2. The first-order valence-corrected chi connectivity index (χ1v) is 6.88. The summed E-state index contributed by atoms with van der Waals surface area (Å²) in [5.41, 5.74) is 0.308. The van der Waals surface area contributed by atoms with Crippen molar-refractivity contribution in [3.8, 4) is 0 Å². The van der Waals surface area contributed by atoms with E-state index in [-0.39, 0.29) is 18.4 Å². The molecule has 10 heteroatoms. The quantitative estimate of drug-likeness (QED) is 0.741. The molecule has 1 atom stereocenters. The van der Waals surface area contributed by atoms with Gasteiger partial charge in [0.1, 0.15) is 0 Å². The van der Waals surface area contributed by atoms with Crippen LogP contribution in [0.1, 0.15) is 23.8 Å². The third-order valence-corrected chi connectivity index (χ3v) is 3.32. The van der Waals surface area contributed by atoms with Crippen LogP contribution in [0.2, 0.25) is 0 Å². The zero-order chi connectivity index (χ0) is 15.2. The lowest BCUT2D eigenvalue weighted by molar-refractivity contribution is 0.0511. The average Bonchev–Trinajstić information content (AvgIpc) is 2.94. The van der Waals surface area contributed by atoms with E-state index in [9.17, 15) is 9.59 Å². The summed E-state index contributed by atoms with van der Waals surface area (Å²) in [5.74, 6) is -0.453. The van der Waals surface area contributed by atoms with Crippen molar-refractivity contribution in [1.82, 2.24) is 25.2 Å². The van der Waals surface area contributed by atoms with Crippen molar-refractivity contribution in [3.63, 3.8) is 0 Å². The minimum Gasteiger partial charge on any atom is -0.465 e. The molecule has 2 rings (SSSR count). The Balaban J connectivity index is 0.00000242.